The predicted octanol–water partition coefficient (Wildman–Crippen LogP) is 3.81. The number of carbonyl (C=O) groups excluding carboxylic acids is 1. The maximum atomic E-state index is 12.5. The zero-order valence-corrected chi connectivity index (χ0v) is 15.6. The van der Waals surface area contributed by atoms with Gasteiger partial charge in [-0.2, -0.15) is 0 Å². The molecule has 1 saturated heterocycles. The smallest absolute Gasteiger partial charge is 0.233 e. The summed E-state index contributed by atoms with van der Waals surface area (Å²) in [6, 6.07) is 0.431. The number of hydrogen-bond donors (Lipinski definition) is 1. The maximum Gasteiger partial charge on any atom is 0.233 e. The van der Waals surface area contributed by atoms with Gasteiger partial charge in [0.25, 0.3) is 0 Å². The number of carbonyl (C=O) groups is 1. The Morgan fingerprint density at radius 1 is 1.25 bits per heavy atom. The molecule has 1 aliphatic carbocycles. The highest BCUT2D eigenvalue weighted by atomic mass is 32.2. The fraction of sp³-hybridized carbons (Fsp3) is 0.833. The molecule has 2 fully saturated rings. The van der Waals surface area contributed by atoms with Crippen LogP contribution in [0.15, 0.2) is 5.16 Å². The molecule has 1 N–H and O–H groups in total. The summed E-state index contributed by atoms with van der Waals surface area (Å²) in [5.41, 5.74) is 0. The van der Waals surface area contributed by atoms with Gasteiger partial charge >= 0.3 is 0 Å². The van der Waals surface area contributed by atoms with Crippen LogP contribution in [-0.2, 0) is 11.2 Å². The van der Waals surface area contributed by atoms with E-state index >= 15 is 0 Å². The molecule has 2 aliphatic rings. The maximum absolute atomic E-state index is 12.5. The summed E-state index contributed by atoms with van der Waals surface area (Å²) >= 11 is 1.47. The van der Waals surface area contributed by atoms with Crippen LogP contribution in [0.4, 0.5) is 0 Å². The molecule has 1 aliphatic heterocycles. The van der Waals surface area contributed by atoms with Crippen LogP contribution in [0.5, 0.6) is 0 Å². The number of nitrogens with one attached hydrogen (secondary N) is 1. The number of aromatic amines is 1. The first-order valence-electron chi connectivity index (χ1n) is 9.59. The van der Waals surface area contributed by atoms with E-state index < -0.39 is 0 Å². The predicted molar refractivity (Wildman–Crippen MR) is 97.0 cm³/mol. The summed E-state index contributed by atoms with van der Waals surface area (Å²) < 4.78 is 0. The molecule has 0 radical (unpaired) electrons. The molecule has 5 nitrogen and oxygen atoms in total. The molecule has 1 amide bonds. The molecule has 6 heteroatoms. The van der Waals surface area contributed by atoms with Crippen molar-refractivity contribution >= 4 is 17.7 Å². The Labute approximate surface area is 149 Å². The van der Waals surface area contributed by atoms with Crippen molar-refractivity contribution in [2.45, 2.75) is 82.3 Å². The lowest BCUT2D eigenvalue weighted by Crippen LogP contribution is -2.44. The van der Waals surface area contributed by atoms with Crippen LogP contribution < -0.4 is 0 Å². The number of H-pyrrole nitrogens is 1. The molecule has 3 rings (SSSR count). The van der Waals surface area contributed by atoms with Crippen molar-refractivity contribution in [3.63, 3.8) is 0 Å². The minimum absolute atomic E-state index is 0.240. The summed E-state index contributed by atoms with van der Waals surface area (Å²) in [5.74, 6) is 2.54. The number of likely N-dealkylation sites (tertiary alicyclic amines) is 1. The Morgan fingerprint density at radius 3 is 2.83 bits per heavy atom. The van der Waals surface area contributed by atoms with Crippen LogP contribution in [0.2, 0.25) is 0 Å². The second-order valence-electron chi connectivity index (χ2n) is 7.19. The summed E-state index contributed by atoms with van der Waals surface area (Å²) in [6.07, 6.45) is 12.3. The first-order valence-corrected chi connectivity index (χ1v) is 10.6. The Balaban J connectivity index is 1.43. The monoisotopic (exact) mass is 350 g/mol. The number of aryl methyl sites for hydroxylation is 1. The largest absolute Gasteiger partial charge is 0.339 e. The van der Waals surface area contributed by atoms with Crippen LogP contribution in [-0.4, -0.2) is 44.3 Å². The standard InChI is InChI=1S/C18H30N4OS/c1-2-15-9-5-6-12-22(15)17(23)13-24-18-19-16(20-21-18)11-10-14-7-3-4-8-14/h14-15H,2-13H2,1H3,(H,19,20,21). The molecule has 2 heterocycles. The molecule has 0 aromatic carbocycles. The Morgan fingerprint density at radius 2 is 2.04 bits per heavy atom. The normalized spacial score (nSPS) is 22.2. The van der Waals surface area contributed by atoms with Crippen molar-refractivity contribution in [1.82, 2.24) is 20.1 Å². The molecule has 1 atom stereocenters. The van der Waals surface area contributed by atoms with Gasteiger partial charge in [0, 0.05) is 19.0 Å². The van der Waals surface area contributed by atoms with Crippen molar-refractivity contribution in [2.75, 3.05) is 12.3 Å². The molecule has 1 unspecified atom stereocenters. The number of aromatic nitrogens is 3. The highest BCUT2D eigenvalue weighted by molar-refractivity contribution is 7.99. The summed E-state index contributed by atoms with van der Waals surface area (Å²) in [6.45, 7) is 3.09. The van der Waals surface area contributed by atoms with E-state index in [1.807, 2.05) is 0 Å². The number of amides is 1. The average molecular weight is 351 g/mol. The van der Waals surface area contributed by atoms with Crippen molar-refractivity contribution in [2.24, 2.45) is 5.92 Å². The zero-order chi connectivity index (χ0) is 16.8. The fourth-order valence-electron chi connectivity index (χ4n) is 4.06. The van der Waals surface area contributed by atoms with Gasteiger partial charge in [-0.1, -0.05) is 44.4 Å². The van der Waals surface area contributed by atoms with Gasteiger partial charge in [0.05, 0.1) is 5.75 Å². The molecule has 1 aromatic rings. The van der Waals surface area contributed by atoms with Gasteiger partial charge in [0.2, 0.25) is 11.1 Å². The van der Waals surface area contributed by atoms with Crippen LogP contribution >= 0.6 is 11.8 Å². The van der Waals surface area contributed by atoms with E-state index in [1.54, 1.807) is 0 Å². The minimum Gasteiger partial charge on any atom is -0.339 e. The summed E-state index contributed by atoms with van der Waals surface area (Å²) in [4.78, 5) is 19.1. The van der Waals surface area contributed by atoms with Crippen LogP contribution in [0.1, 0.15) is 70.5 Å². The summed E-state index contributed by atoms with van der Waals surface area (Å²) in [7, 11) is 0. The van der Waals surface area contributed by atoms with Crippen molar-refractivity contribution < 1.29 is 4.79 Å². The van der Waals surface area contributed by atoms with Gasteiger partial charge in [0.1, 0.15) is 5.82 Å². The summed E-state index contributed by atoms with van der Waals surface area (Å²) in [5, 5.41) is 8.04. The third-order valence-electron chi connectivity index (χ3n) is 5.52. The van der Waals surface area contributed by atoms with Crippen molar-refractivity contribution in [3.05, 3.63) is 5.82 Å². The minimum atomic E-state index is 0.240. The average Bonchev–Trinajstić information content (AvgIpc) is 3.29. The molecular formula is C18H30N4OS. The molecule has 24 heavy (non-hydrogen) atoms. The molecule has 1 aromatic heterocycles. The third-order valence-corrected chi connectivity index (χ3v) is 6.35. The lowest BCUT2D eigenvalue weighted by molar-refractivity contribution is -0.132. The van der Waals surface area contributed by atoms with Gasteiger partial charge in [-0.25, -0.2) is 4.98 Å². The van der Waals surface area contributed by atoms with E-state index in [4.69, 9.17) is 0 Å². The van der Waals surface area contributed by atoms with E-state index in [0.29, 0.717) is 11.8 Å². The highest BCUT2D eigenvalue weighted by Crippen LogP contribution is 2.28. The van der Waals surface area contributed by atoms with Crippen molar-refractivity contribution in [1.29, 1.82) is 0 Å². The number of piperidine rings is 1. The Bertz CT molecular complexity index is 527. The second-order valence-corrected chi connectivity index (χ2v) is 8.13. The fourth-order valence-corrected chi connectivity index (χ4v) is 4.76. The molecular weight excluding hydrogens is 320 g/mol. The number of nitrogens with zero attached hydrogens (tertiary/aromatic N) is 3. The van der Waals surface area contributed by atoms with E-state index in [1.165, 1.54) is 50.3 Å². The van der Waals surface area contributed by atoms with Gasteiger partial charge in [-0.05, 0) is 38.0 Å². The van der Waals surface area contributed by atoms with E-state index in [-0.39, 0.29) is 5.91 Å². The lowest BCUT2D eigenvalue weighted by atomic mass is 10.0. The first kappa shape index (κ1) is 17.8. The van der Waals surface area contributed by atoms with Crippen molar-refractivity contribution in [3.8, 4) is 0 Å². The quantitative estimate of drug-likeness (QED) is 0.760. The second kappa shape index (κ2) is 8.88. The Hall–Kier alpha value is -1.04. The van der Waals surface area contributed by atoms with Crippen LogP contribution in [0.25, 0.3) is 0 Å². The van der Waals surface area contributed by atoms with E-state index in [0.717, 1.165) is 49.1 Å². The van der Waals surface area contributed by atoms with Crippen LogP contribution in [0.3, 0.4) is 0 Å². The first-order chi connectivity index (χ1) is 11.8. The topological polar surface area (TPSA) is 61.9 Å². The molecule has 134 valence electrons. The molecule has 0 bridgehead atoms. The molecule has 1 saturated carbocycles. The van der Waals surface area contributed by atoms with E-state index in [2.05, 4.69) is 27.0 Å². The van der Waals surface area contributed by atoms with Gasteiger partial charge in [-0.15, -0.1) is 5.10 Å². The lowest BCUT2D eigenvalue weighted by Gasteiger charge is -2.35. The van der Waals surface area contributed by atoms with Gasteiger partial charge in [0.15, 0.2) is 0 Å². The number of thioether (sulfide) groups is 1. The van der Waals surface area contributed by atoms with Gasteiger partial charge < -0.3 is 4.90 Å². The van der Waals surface area contributed by atoms with Gasteiger partial charge in [-0.3, -0.25) is 9.89 Å². The van der Waals surface area contributed by atoms with E-state index in [9.17, 15) is 4.79 Å². The molecule has 0 spiro atoms. The number of rotatable bonds is 7. The number of hydrogen-bond acceptors (Lipinski definition) is 4. The van der Waals surface area contributed by atoms with Crippen LogP contribution in [0, 0.1) is 5.92 Å². The Kier molecular flexibility index (Phi) is 6.58. The SMILES string of the molecule is CCC1CCCCN1C(=O)CSc1n[nH]c(CCC2CCCC2)n1. The zero-order valence-electron chi connectivity index (χ0n) is 14.8. The highest BCUT2D eigenvalue weighted by Gasteiger charge is 2.25. The third kappa shape index (κ3) is 4.74.